The summed E-state index contributed by atoms with van der Waals surface area (Å²) >= 11 is 5.98. The molecular formula is C16H18ClIN6O2. The van der Waals surface area contributed by atoms with E-state index in [0.717, 1.165) is 11.3 Å². The zero-order valence-electron chi connectivity index (χ0n) is 14.2. The van der Waals surface area contributed by atoms with Crippen molar-refractivity contribution < 1.29 is 9.05 Å². The van der Waals surface area contributed by atoms with Gasteiger partial charge in [0, 0.05) is 30.7 Å². The molecule has 0 fully saturated rings. The zero-order valence-corrected chi connectivity index (χ0v) is 17.3. The highest BCUT2D eigenvalue weighted by molar-refractivity contribution is 14.0. The van der Waals surface area contributed by atoms with Gasteiger partial charge in [0.1, 0.15) is 12.0 Å². The van der Waals surface area contributed by atoms with Crippen molar-refractivity contribution in [3.63, 3.8) is 0 Å². The lowest BCUT2D eigenvalue weighted by Gasteiger charge is -2.20. The van der Waals surface area contributed by atoms with Gasteiger partial charge in [0.15, 0.2) is 5.96 Å². The van der Waals surface area contributed by atoms with Crippen molar-refractivity contribution in [1.29, 1.82) is 0 Å². The van der Waals surface area contributed by atoms with Gasteiger partial charge >= 0.3 is 0 Å². The van der Waals surface area contributed by atoms with Crippen LogP contribution in [0.3, 0.4) is 0 Å². The fraction of sp³-hybridized carbons (Fsp3) is 0.250. The summed E-state index contributed by atoms with van der Waals surface area (Å²) in [6, 6.07) is 9.10. The van der Waals surface area contributed by atoms with Crippen LogP contribution >= 0.6 is 35.6 Å². The first-order valence-electron chi connectivity index (χ1n) is 7.55. The Kier molecular flexibility index (Phi) is 7.39. The smallest absolute Gasteiger partial charge is 0.246 e. The molecule has 0 amide bonds. The third-order valence-electron chi connectivity index (χ3n) is 3.41. The molecule has 1 aromatic carbocycles. The number of halogens is 2. The predicted molar refractivity (Wildman–Crippen MR) is 108 cm³/mol. The summed E-state index contributed by atoms with van der Waals surface area (Å²) in [7, 11) is 3.60. The molecule has 2 heterocycles. The molecule has 0 aliphatic heterocycles. The van der Waals surface area contributed by atoms with Crippen molar-refractivity contribution in [3.8, 4) is 11.4 Å². The van der Waals surface area contributed by atoms with Gasteiger partial charge in [-0.15, -0.1) is 24.0 Å². The van der Waals surface area contributed by atoms with Gasteiger partial charge in [0.25, 0.3) is 0 Å². The minimum Gasteiger partial charge on any atom is -0.364 e. The molecule has 0 bridgehead atoms. The summed E-state index contributed by atoms with van der Waals surface area (Å²) in [6.45, 7) is 0.914. The molecule has 0 radical (unpaired) electrons. The Bertz CT molecular complexity index is 852. The topological polar surface area (TPSA) is 92.6 Å². The molecule has 138 valence electrons. The van der Waals surface area contributed by atoms with E-state index in [1.165, 1.54) is 6.26 Å². The van der Waals surface area contributed by atoms with E-state index in [9.17, 15) is 0 Å². The molecule has 0 aliphatic carbocycles. The molecule has 3 aromatic rings. The van der Waals surface area contributed by atoms with Crippen LogP contribution in [0.5, 0.6) is 0 Å². The molecule has 3 rings (SSSR count). The summed E-state index contributed by atoms with van der Waals surface area (Å²) in [5, 5.41) is 11.7. The Labute approximate surface area is 172 Å². The number of hydrogen-bond acceptors (Lipinski definition) is 6. The van der Waals surface area contributed by atoms with E-state index >= 15 is 0 Å². The summed E-state index contributed by atoms with van der Waals surface area (Å²) in [6.07, 6.45) is 1.54. The number of guanidine groups is 1. The van der Waals surface area contributed by atoms with E-state index < -0.39 is 0 Å². The molecule has 2 aromatic heterocycles. The van der Waals surface area contributed by atoms with Gasteiger partial charge in [0.2, 0.25) is 11.7 Å². The van der Waals surface area contributed by atoms with Gasteiger partial charge in [-0.05, 0) is 12.1 Å². The number of benzene rings is 1. The van der Waals surface area contributed by atoms with Crippen LogP contribution in [0.1, 0.15) is 11.6 Å². The van der Waals surface area contributed by atoms with Crippen LogP contribution in [0.2, 0.25) is 5.02 Å². The highest BCUT2D eigenvalue weighted by Crippen LogP contribution is 2.19. The van der Waals surface area contributed by atoms with Crippen molar-refractivity contribution in [2.75, 3.05) is 14.1 Å². The van der Waals surface area contributed by atoms with Crippen LogP contribution in [0.25, 0.3) is 11.4 Å². The Hall–Kier alpha value is -2.14. The zero-order chi connectivity index (χ0) is 17.6. The molecule has 0 atom stereocenters. The average molecular weight is 489 g/mol. The van der Waals surface area contributed by atoms with E-state index in [2.05, 4.69) is 25.6 Å². The van der Waals surface area contributed by atoms with E-state index in [1.54, 1.807) is 25.2 Å². The fourth-order valence-electron chi connectivity index (χ4n) is 2.25. The van der Waals surface area contributed by atoms with Crippen molar-refractivity contribution in [1.82, 2.24) is 25.5 Å². The monoisotopic (exact) mass is 488 g/mol. The number of nitrogens with zero attached hydrogens (tertiary/aromatic N) is 5. The molecule has 26 heavy (non-hydrogen) atoms. The number of rotatable bonds is 5. The maximum absolute atomic E-state index is 5.98. The Balaban J connectivity index is 0.00000243. The Morgan fingerprint density at radius 3 is 2.85 bits per heavy atom. The van der Waals surface area contributed by atoms with Crippen molar-refractivity contribution in [2.24, 2.45) is 4.99 Å². The van der Waals surface area contributed by atoms with Gasteiger partial charge in [0.05, 0.1) is 13.1 Å². The Morgan fingerprint density at radius 2 is 2.15 bits per heavy atom. The molecule has 10 heteroatoms. The van der Waals surface area contributed by atoms with Gasteiger partial charge in [-0.1, -0.05) is 34.0 Å². The summed E-state index contributed by atoms with van der Waals surface area (Å²) in [4.78, 5) is 10.5. The maximum Gasteiger partial charge on any atom is 0.246 e. The molecule has 0 unspecified atom stereocenters. The van der Waals surface area contributed by atoms with E-state index in [1.807, 2.05) is 24.1 Å². The van der Waals surface area contributed by atoms with Crippen LogP contribution < -0.4 is 5.32 Å². The first-order valence-corrected chi connectivity index (χ1v) is 7.93. The fourth-order valence-corrected chi connectivity index (χ4v) is 2.44. The molecule has 8 nitrogen and oxygen atoms in total. The second kappa shape index (κ2) is 9.53. The highest BCUT2D eigenvalue weighted by atomic mass is 127. The minimum atomic E-state index is 0. The second-order valence-corrected chi connectivity index (χ2v) is 5.71. The van der Waals surface area contributed by atoms with Crippen molar-refractivity contribution in [3.05, 3.63) is 53.2 Å². The van der Waals surface area contributed by atoms with Crippen molar-refractivity contribution >= 4 is 41.5 Å². The maximum atomic E-state index is 5.98. The predicted octanol–water partition coefficient (Wildman–Crippen LogP) is 3.20. The lowest BCUT2D eigenvalue weighted by atomic mass is 10.2. The first-order chi connectivity index (χ1) is 12.2. The summed E-state index contributed by atoms with van der Waals surface area (Å²) < 4.78 is 10.1. The normalized spacial score (nSPS) is 11.1. The molecule has 1 N–H and O–H groups in total. The minimum absolute atomic E-state index is 0. The number of aromatic nitrogens is 3. The van der Waals surface area contributed by atoms with Gasteiger partial charge in [-0.3, -0.25) is 4.99 Å². The summed E-state index contributed by atoms with van der Waals surface area (Å²) in [5.41, 5.74) is 1.61. The standard InChI is InChI=1S/C16H17ClN6O2.HI/c1-18-16(23(2)10-13-6-7-24-21-13)19-9-14-20-15(22-25-14)11-4-3-5-12(17)8-11;/h3-8H,9-10H2,1-2H3,(H,18,19);1H. The number of nitrogens with one attached hydrogen (secondary N) is 1. The van der Waals surface area contributed by atoms with Gasteiger partial charge < -0.3 is 19.3 Å². The van der Waals surface area contributed by atoms with E-state index in [-0.39, 0.29) is 24.0 Å². The van der Waals surface area contributed by atoms with Crippen LogP contribution in [0, 0.1) is 0 Å². The van der Waals surface area contributed by atoms with Crippen molar-refractivity contribution in [2.45, 2.75) is 13.1 Å². The molecular weight excluding hydrogens is 471 g/mol. The van der Waals surface area contributed by atoms with Crippen LogP contribution in [0.4, 0.5) is 0 Å². The Morgan fingerprint density at radius 1 is 1.31 bits per heavy atom. The number of hydrogen-bond donors (Lipinski definition) is 1. The highest BCUT2D eigenvalue weighted by Gasteiger charge is 2.12. The van der Waals surface area contributed by atoms with E-state index in [4.69, 9.17) is 20.6 Å². The third kappa shape index (κ3) is 5.18. The molecule has 0 aliphatic rings. The quantitative estimate of drug-likeness (QED) is 0.335. The molecule has 0 saturated heterocycles. The SMILES string of the molecule is CN=C(NCc1nc(-c2cccc(Cl)c2)no1)N(C)Cc1ccon1.I. The van der Waals surface area contributed by atoms with Gasteiger partial charge in [-0.25, -0.2) is 0 Å². The average Bonchev–Trinajstić information content (AvgIpc) is 3.27. The molecule has 0 saturated carbocycles. The van der Waals surface area contributed by atoms with E-state index in [0.29, 0.717) is 35.8 Å². The largest absolute Gasteiger partial charge is 0.364 e. The van der Waals surface area contributed by atoms with Gasteiger partial charge in [-0.2, -0.15) is 4.98 Å². The third-order valence-corrected chi connectivity index (χ3v) is 3.65. The lowest BCUT2D eigenvalue weighted by Crippen LogP contribution is -2.38. The molecule has 0 spiro atoms. The first kappa shape index (κ1) is 20.2. The van der Waals surface area contributed by atoms with Crippen LogP contribution in [-0.4, -0.2) is 40.3 Å². The number of aliphatic imine (C=N–C) groups is 1. The second-order valence-electron chi connectivity index (χ2n) is 5.27. The lowest BCUT2D eigenvalue weighted by molar-refractivity contribution is 0.368. The van der Waals surface area contributed by atoms with Crippen LogP contribution in [-0.2, 0) is 13.1 Å². The summed E-state index contributed by atoms with van der Waals surface area (Å²) in [5.74, 6) is 1.61. The van der Waals surface area contributed by atoms with Crippen LogP contribution in [0.15, 0.2) is 50.6 Å².